The first-order valence-electron chi connectivity index (χ1n) is 10.2. The highest BCUT2D eigenvalue weighted by Gasteiger charge is 2.27. The summed E-state index contributed by atoms with van der Waals surface area (Å²) < 4.78 is 0. The van der Waals surface area contributed by atoms with Crippen molar-refractivity contribution in [3.05, 3.63) is 71.3 Å². The highest BCUT2D eigenvalue weighted by Crippen LogP contribution is 2.39. The van der Waals surface area contributed by atoms with Gasteiger partial charge >= 0.3 is 0 Å². The lowest BCUT2D eigenvalue weighted by molar-refractivity contribution is 0.314. The zero-order chi connectivity index (χ0) is 16.9. The summed E-state index contributed by atoms with van der Waals surface area (Å²) in [6, 6.07) is 20.4. The number of hydrogen-bond donors (Lipinski definition) is 1. The van der Waals surface area contributed by atoms with Crippen LogP contribution in [-0.4, -0.2) is 6.54 Å². The predicted molar refractivity (Wildman–Crippen MR) is 106 cm³/mol. The SMILES string of the molecule is c1ccc(C2CCCC2CNCc2cccc(CC3CCC3)c2)cc1. The fraction of sp³-hybridized carbons (Fsp3) is 0.500. The molecular formula is C24H31N. The van der Waals surface area contributed by atoms with Gasteiger partial charge in [0, 0.05) is 6.54 Å². The minimum Gasteiger partial charge on any atom is -0.312 e. The molecule has 132 valence electrons. The zero-order valence-electron chi connectivity index (χ0n) is 15.3. The van der Waals surface area contributed by atoms with Crippen molar-refractivity contribution in [1.29, 1.82) is 0 Å². The van der Waals surface area contributed by atoms with Crippen molar-refractivity contribution in [2.75, 3.05) is 6.54 Å². The summed E-state index contributed by atoms with van der Waals surface area (Å²) in [5, 5.41) is 3.75. The van der Waals surface area contributed by atoms with Crippen LogP contribution in [0, 0.1) is 11.8 Å². The summed E-state index contributed by atoms with van der Waals surface area (Å²) in [5.74, 6) is 2.49. The second kappa shape index (κ2) is 8.19. The van der Waals surface area contributed by atoms with E-state index in [1.54, 1.807) is 0 Å². The summed E-state index contributed by atoms with van der Waals surface area (Å²) in [7, 11) is 0. The number of hydrogen-bond acceptors (Lipinski definition) is 1. The Labute approximate surface area is 152 Å². The Hall–Kier alpha value is -1.60. The Morgan fingerprint density at radius 3 is 2.40 bits per heavy atom. The topological polar surface area (TPSA) is 12.0 Å². The monoisotopic (exact) mass is 333 g/mol. The van der Waals surface area contributed by atoms with Crippen LogP contribution in [0.2, 0.25) is 0 Å². The van der Waals surface area contributed by atoms with E-state index in [2.05, 4.69) is 59.9 Å². The normalized spacial score (nSPS) is 23.5. The zero-order valence-corrected chi connectivity index (χ0v) is 15.3. The molecule has 2 fully saturated rings. The largest absolute Gasteiger partial charge is 0.312 e. The molecule has 2 aromatic rings. The number of rotatable bonds is 7. The lowest BCUT2D eigenvalue weighted by Gasteiger charge is -2.25. The first-order valence-corrected chi connectivity index (χ1v) is 10.2. The van der Waals surface area contributed by atoms with Gasteiger partial charge < -0.3 is 5.32 Å². The Kier molecular flexibility index (Phi) is 5.52. The van der Waals surface area contributed by atoms with Gasteiger partial charge in [0.15, 0.2) is 0 Å². The van der Waals surface area contributed by atoms with Crippen LogP contribution in [0.25, 0.3) is 0 Å². The Morgan fingerprint density at radius 1 is 0.800 bits per heavy atom. The fourth-order valence-corrected chi connectivity index (χ4v) is 4.72. The van der Waals surface area contributed by atoms with Gasteiger partial charge in [-0.1, -0.05) is 80.3 Å². The minimum absolute atomic E-state index is 0.749. The molecule has 2 aliphatic rings. The molecule has 1 N–H and O–H groups in total. The van der Waals surface area contributed by atoms with E-state index in [1.807, 2.05) is 0 Å². The van der Waals surface area contributed by atoms with Crippen molar-refractivity contribution in [3.8, 4) is 0 Å². The third-order valence-electron chi connectivity index (χ3n) is 6.36. The number of benzene rings is 2. The first kappa shape index (κ1) is 16.8. The van der Waals surface area contributed by atoms with Crippen LogP contribution in [0.5, 0.6) is 0 Å². The summed E-state index contributed by atoms with van der Waals surface area (Å²) in [6.45, 7) is 2.16. The van der Waals surface area contributed by atoms with Gasteiger partial charge in [0.25, 0.3) is 0 Å². The van der Waals surface area contributed by atoms with E-state index in [4.69, 9.17) is 0 Å². The molecule has 2 atom stereocenters. The lowest BCUT2D eigenvalue weighted by Crippen LogP contribution is -2.24. The Balaban J connectivity index is 1.29. The molecule has 0 saturated heterocycles. The van der Waals surface area contributed by atoms with E-state index in [1.165, 1.54) is 61.6 Å². The molecule has 0 aliphatic heterocycles. The summed E-state index contributed by atoms with van der Waals surface area (Å²) in [4.78, 5) is 0. The summed E-state index contributed by atoms with van der Waals surface area (Å²) in [5.41, 5.74) is 4.52. The van der Waals surface area contributed by atoms with E-state index in [0.29, 0.717) is 0 Å². The van der Waals surface area contributed by atoms with Crippen LogP contribution in [0.3, 0.4) is 0 Å². The maximum atomic E-state index is 3.75. The van der Waals surface area contributed by atoms with Gasteiger partial charge in [-0.3, -0.25) is 0 Å². The van der Waals surface area contributed by atoms with Gasteiger partial charge in [-0.05, 0) is 60.3 Å². The molecule has 2 saturated carbocycles. The molecule has 0 heterocycles. The number of nitrogens with one attached hydrogen (secondary N) is 1. The van der Waals surface area contributed by atoms with Crippen molar-refractivity contribution >= 4 is 0 Å². The predicted octanol–water partition coefficient (Wildman–Crippen LogP) is 5.70. The van der Waals surface area contributed by atoms with Crippen LogP contribution >= 0.6 is 0 Å². The van der Waals surface area contributed by atoms with Gasteiger partial charge in [-0.2, -0.15) is 0 Å². The molecule has 0 aromatic heterocycles. The first-order chi connectivity index (χ1) is 12.4. The molecule has 2 aromatic carbocycles. The molecule has 0 radical (unpaired) electrons. The van der Waals surface area contributed by atoms with Gasteiger partial charge in [0.2, 0.25) is 0 Å². The van der Waals surface area contributed by atoms with Crippen LogP contribution in [0.15, 0.2) is 54.6 Å². The van der Waals surface area contributed by atoms with E-state index < -0.39 is 0 Å². The fourth-order valence-electron chi connectivity index (χ4n) is 4.72. The minimum atomic E-state index is 0.749. The second-order valence-corrected chi connectivity index (χ2v) is 8.16. The van der Waals surface area contributed by atoms with Crippen LogP contribution < -0.4 is 5.32 Å². The highest BCUT2D eigenvalue weighted by atomic mass is 14.9. The highest BCUT2D eigenvalue weighted by molar-refractivity contribution is 5.24. The quantitative estimate of drug-likeness (QED) is 0.685. The van der Waals surface area contributed by atoms with Gasteiger partial charge in [0.1, 0.15) is 0 Å². The molecular weight excluding hydrogens is 302 g/mol. The third kappa shape index (κ3) is 4.33. The van der Waals surface area contributed by atoms with Crippen molar-refractivity contribution in [2.24, 2.45) is 11.8 Å². The van der Waals surface area contributed by atoms with Gasteiger partial charge in [0.05, 0.1) is 0 Å². The third-order valence-corrected chi connectivity index (χ3v) is 6.36. The van der Waals surface area contributed by atoms with Crippen LogP contribution in [0.4, 0.5) is 0 Å². The maximum absolute atomic E-state index is 3.75. The molecule has 1 nitrogen and oxygen atoms in total. The van der Waals surface area contributed by atoms with Crippen molar-refractivity contribution in [1.82, 2.24) is 5.32 Å². The molecule has 0 amide bonds. The second-order valence-electron chi connectivity index (χ2n) is 8.16. The average Bonchev–Trinajstić information content (AvgIpc) is 3.08. The smallest absolute Gasteiger partial charge is 0.0205 e. The Morgan fingerprint density at radius 2 is 1.60 bits per heavy atom. The molecule has 2 unspecified atom stereocenters. The van der Waals surface area contributed by atoms with Crippen molar-refractivity contribution in [2.45, 2.75) is 57.4 Å². The van der Waals surface area contributed by atoms with E-state index in [0.717, 1.165) is 30.8 Å². The van der Waals surface area contributed by atoms with E-state index in [9.17, 15) is 0 Å². The van der Waals surface area contributed by atoms with Crippen LogP contribution in [-0.2, 0) is 13.0 Å². The standard InChI is InChI=1S/C24H31N/c1-2-11-22(12-3-1)24-14-6-13-23(24)18-25-17-21-10-5-9-20(16-21)15-19-7-4-8-19/h1-3,5,9-12,16,19,23-25H,4,6-8,13-15,17-18H2. The van der Waals surface area contributed by atoms with Crippen molar-refractivity contribution in [3.63, 3.8) is 0 Å². The Bertz CT molecular complexity index is 659. The van der Waals surface area contributed by atoms with Crippen LogP contribution in [0.1, 0.15) is 61.1 Å². The molecule has 25 heavy (non-hydrogen) atoms. The lowest BCUT2D eigenvalue weighted by atomic mass is 9.81. The summed E-state index contributed by atoms with van der Waals surface area (Å²) in [6.07, 6.45) is 9.70. The maximum Gasteiger partial charge on any atom is 0.0205 e. The molecule has 1 heteroatoms. The van der Waals surface area contributed by atoms with E-state index in [-0.39, 0.29) is 0 Å². The molecule has 4 rings (SSSR count). The van der Waals surface area contributed by atoms with Gasteiger partial charge in [-0.25, -0.2) is 0 Å². The average molecular weight is 334 g/mol. The molecule has 0 spiro atoms. The van der Waals surface area contributed by atoms with E-state index >= 15 is 0 Å². The molecule has 0 bridgehead atoms. The van der Waals surface area contributed by atoms with Crippen molar-refractivity contribution < 1.29 is 0 Å². The molecule has 2 aliphatic carbocycles. The summed E-state index contributed by atoms with van der Waals surface area (Å²) >= 11 is 0. The van der Waals surface area contributed by atoms with Gasteiger partial charge in [-0.15, -0.1) is 0 Å².